The van der Waals surface area contributed by atoms with Crippen LogP contribution in [0.1, 0.15) is 60.8 Å². The number of rotatable bonds is 4. The normalized spacial score (nSPS) is 16.3. The van der Waals surface area contributed by atoms with Crippen LogP contribution in [0, 0.1) is 5.41 Å². The summed E-state index contributed by atoms with van der Waals surface area (Å²) in [6.07, 6.45) is 3.47. The van der Waals surface area contributed by atoms with Crippen LogP contribution >= 0.6 is 12.6 Å². The van der Waals surface area contributed by atoms with Crippen molar-refractivity contribution >= 4 is 18.4 Å². The van der Waals surface area contributed by atoms with Gasteiger partial charge in [0.25, 0.3) is 0 Å². The van der Waals surface area contributed by atoms with E-state index in [0.717, 1.165) is 11.7 Å². The van der Waals surface area contributed by atoms with Gasteiger partial charge < -0.3 is 17.2 Å². The molecule has 0 aromatic heterocycles. The van der Waals surface area contributed by atoms with Crippen molar-refractivity contribution < 1.29 is 4.79 Å². The molecule has 6 N–H and O–H groups in total. The fourth-order valence-electron chi connectivity index (χ4n) is 1.02. The number of Topliss-reactive ketones (excluding diaryl/α,β-unsaturated/α-hetero) is 1. The summed E-state index contributed by atoms with van der Waals surface area (Å²) >= 11 is 4.08. The van der Waals surface area contributed by atoms with Gasteiger partial charge in [-0.25, -0.2) is 0 Å². The molecule has 0 aromatic carbocycles. The summed E-state index contributed by atoms with van der Waals surface area (Å²) in [5.41, 5.74) is 15.7. The Kier molecular flexibility index (Phi) is 10.8. The molecule has 0 aromatic rings. The van der Waals surface area contributed by atoms with Gasteiger partial charge in [0.05, 0.1) is 0 Å². The summed E-state index contributed by atoms with van der Waals surface area (Å²) in [5.74, 6) is 0.213. The van der Waals surface area contributed by atoms with Gasteiger partial charge in [0, 0.05) is 28.8 Å². The first-order valence-electron chi connectivity index (χ1n) is 7.25. The molecule has 1 rings (SSSR count). The van der Waals surface area contributed by atoms with E-state index >= 15 is 0 Å². The molecule has 1 atom stereocenters. The Morgan fingerprint density at radius 1 is 1.30 bits per heavy atom. The average Bonchev–Trinajstić information content (AvgIpc) is 2.99. The largest absolute Gasteiger partial charge is 0.329 e. The topological polar surface area (TPSA) is 95.1 Å². The lowest BCUT2D eigenvalue weighted by molar-refractivity contribution is -0.125. The number of thiol groups is 1. The molecule has 5 heteroatoms. The molecule has 1 saturated carbocycles. The van der Waals surface area contributed by atoms with Gasteiger partial charge in [-0.05, 0) is 47.0 Å². The number of carbonyl (C=O) groups excluding carboxylic acids is 1. The van der Waals surface area contributed by atoms with E-state index in [-0.39, 0.29) is 22.8 Å². The number of nitrogens with two attached hydrogens (primary N) is 3. The van der Waals surface area contributed by atoms with Crippen molar-refractivity contribution in [1.82, 2.24) is 0 Å². The highest BCUT2D eigenvalue weighted by atomic mass is 32.1. The maximum atomic E-state index is 10.9. The highest BCUT2D eigenvalue weighted by Crippen LogP contribution is 2.24. The van der Waals surface area contributed by atoms with Gasteiger partial charge in [0.1, 0.15) is 5.78 Å². The van der Waals surface area contributed by atoms with Crippen LogP contribution in [0.15, 0.2) is 0 Å². The van der Waals surface area contributed by atoms with Crippen LogP contribution < -0.4 is 17.2 Å². The second-order valence-electron chi connectivity index (χ2n) is 7.05. The molecule has 1 unspecified atom stereocenters. The fourth-order valence-corrected chi connectivity index (χ4v) is 1.17. The van der Waals surface area contributed by atoms with E-state index in [4.69, 9.17) is 17.2 Å². The average molecular weight is 306 g/mol. The van der Waals surface area contributed by atoms with Crippen LogP contribution in [0.5, 0.6) is 0 Å². The summed E-state index contributed by atoms with van der Waals surface area (Å²) < 4.78 is 0. The predicted molar refractivity (Wildman–Crippen MR) is 92.1 cm³/mol. The Hall–Kier alpha value is -0.100. The van der Waals surface area contributed by atoms with Crippen LogP contribution in [0.4, 0.5) is 0 Å². The monoisotopic (exact) mass is 305 g/mol. The number of carbonyl (C=O) groups is 1. The quantitative estimate of drug-likeness (QED) is 0.598. The van der Waals surface area contributed by atoms with Gasteiger partial charge in [-0.15, -0.1) is 0 Å². The third-order valence-electron chi connectivity index (χ3n) is 2.86. The first-order chi connectivity index (χ1) is 8.81. The zero-order valence-corrected chi connectivity index (χ0v) is 15.0. The van der Waals surface area contributed by atoms with Crippen LogP contribution in [-0.2, 0) is 4.79 Å². The summed E-state index contributed by atoms with van der Waals surface area (Å²) in [6.45, 7) is 11.7. The van der Waals surface area contributed by atoms with Crippen LogP contribution in [0.3, 0.4) is 0 Å². The predicted octanol–water partition coefficient (Wildman–Crippen LogP) is 2.10. The third-order valence-corrected chi connectivity index (χ3v) is 3.37. The number of ketones is 1. The van der Waals surface area contributed by atoms with E-state index in [2.05, 4.69) is 12.6 Å². The lowest BCUT2D eigenvalue weighted by atomic mass is 9.83. The lowest BCUT2D eigenvalue weighted by Crippen LogP contribution is -2.40. The van der Waals surface area contributed by atoms with Crippen LogP contribution in [0.25, 0.3) is 0 Å². The minimum Gasteiger partial charge on any atom is -0.329 e. The van der Waals surface area contributed by atoms with Gasteiger partial charge in [0.2, 0.25) is 0 Å². The molecule has 1 aliphatic carbocycles. The molecule has 0 amide bonds. The summed E-state index contributed by atoms with van der Waals surface area (Å²) in [7, 11) is 0. The van der Waals surface area contributed by atoms with Crippen molar-refractivity contribution in [2.45, 2.75) is 77.6 Å². The second-order valence-corrected chi connectivity index (χ2v) is 7.78. The molecule has 0 bridgehead atoms. The maximum Gasteiger partial charge on any atom is 0.135 e. The molecule has 0 saturated heterocycles. The molecule has 1 fully saturated rings. The van der Waals surface area contributed by atoms with Crippen LogP contribution in [0.2, 0.25) is 0 Å². The standard InChI is InChI=1S/C8H17NO.C4H12N2.C3H6S/c1-6(9)5-8(3,4)7(2)10;1-4(2,6)3-5;4-3-1-2-3/h6H,5,9H2,1-4H3;3,5-6H2,1-2H3;3-4H,1-2H2. The van der Waals surface area contributed by atoms with Gasteiger partial charge in [-0.2, -0.15) is 12.6 Å². The highest BCUT2D eigenvalue weighted by Gasteiger charge is 2.24. The van der Waals surface area contributed by atoms with E-state index in [1.165, 1.54) is 12.8 Å². The van der Waals surface area contributed by atoms with Crippen molar-refractivity contribution in [2.75, 3.05) is 6.54 Å². The molecule has 0 radical (unpaired) electrons. The molecule has 4 nitrogen and oxygen atoms in total. The zero-order valence-electron chi connectivity index (χ0n) is 14.1. The Morgan fingerprint density at radius 2 is 1.60 bits per heavy atom. The van der Waals surface area contributed by atoms with E-state index < -0.39 is 0 Å². The minimum absolute atomic E-state index is 0.110. The Morgan fingerprint density at radius 3 is 1.65 bits per heavy atom. The minimum atomic E-state index is -0.242. The highest BCUT2D eigenvalue weighted by molar-refractivity contribution is 7.81. The molecule has 0 spiro atoms. The molecule has 0 heterocycles. The molecular formula is C15H35N3OS. The Bertz CT molecular complexity index is 269. The smallest absolute Gasteiger partial charge is 0.135 e. The fraction of sp³-hybridized carbons (Fsp3) is 0.933. The molecule has 1 aliphatic rings. The third kappa shape index (κ3) is 17.9. The van der Waals surface area contributed by atoms with Gasteiger partial charge in [0.15, 0.2) is 0 Å². The number of hydrogen-bond acceptors (Lipinski definition) is 5. The van der Waals surface area contributed by atoms with Gasteiger partial charge in [-0.1, -0.05) is 13.8 Å². The second kappa shape index (κ2) is 9.77. The molecule has 122 valence electrons. The zero-order chi connectivity index (χ0) is 16.6. The van der Waals surface area contributed by atoms with Crippen molar-refractivity contribution in [1.29, 1.82) is 0 Å². The van der Waals surface area contributed by atoms with Crippen molar-refractivity contribution in [3.05, 3.63) is 0 Å². The SMILES string of the molecule is CC(=O)C(C)(C)CC(C)N.CC(C)(N)CN.SC1CC1. The maximum absolute atomic E-state index is 10.9. The molecule has 20 heavy (non-hydrogen) atoms. The Labute approximate surface area is 130 Å². The van der Waals surface area contributed by atoms with Crippen molar-refractivity contribution in [2.24, 2.45) is 22.6 Å². The summed E-state index contributed by atoms with van der Waals surface area (Å²) in [6, 6.07) is 0.110. The van der Waals surface area contributed by atoms with E-state index in [1.807, 2.05) is 34.6 Å². The van der Waals surface area contributed by atoms with Crippen LogP contribution in [-0.4, -0.2) is 29.2 Å². The van der Waals surface area contributed by atoms with E-state index in [1.54, 1.807) is 6.92 Å². The number of hydrogen-bond donors (Lipinski definition) is 4. The summed E-state index contributed by atoms with van der Waals surface area (Å²) in [4.78, 5) is 10.9. The van der Waals surface area contributed by atoms with Gasteiger partial charge >= 0.3 is 0 Å². The van der Waals surface area contributed by atoms with Crippen molar-refractivity contribution in [3.63, 3.8) is 0 Å². The first kappa shape index (κ1) is 22.2. The van der Waals surface area contributed by atoms with Crippen molar-refractivity contribution in [3.8, 4) is 0 Å². The lowest BCUT2D eigenvalue weighted by Gasteiger charge is -2.22. The molecular weight excluding hydrogens is 270 g/mol. The molecule has 0 aliphatic heterocycles. The Balaban J connectivity index is 0. The van der Waals surface area contributed by atoms with E-state index in [0.29, 0.717) is 6.54 Å². The first-order valence-corrected chi connectivity index (χ1v) is 7.77. The summed E-state index contributed by atoms with van der Waals surface area (Å²) in [5, 5.41) is 0.778. The van der Waals surface area contributed by atoms with E-state index in [9.17, 15) is 4.79 Å². The van der Waals surface area contributed by atoms with Gasteiger partial charge in [-0.3, -0.25) is 4.79 Å².